The van der Waals surface area contributed by atoms with Crippen LogP contribution in [0.25, 0.3) is 5.57 Å². The number of nitrogen functional groups attached to an aromatic ring is 1. The summed E-state index contributed by atoms with van der Waals surface area (Å²) in [6, 6.07) is 0. The molecular weight excluding hydrogens is 210 g/mol. The Morgan fingerprint density at radius 1 is 1.24 bits per heavy atom. The van der Waals surface area contributed by atoms with Gasteiger partial charge in [-0.3, -0.25) is 0 Å². The maximum Gasteiger partial charge on any atom is 0.134 e. The summed E-state index contributed by atoms with van der Waals surface area (Å²) >= 11 is 0. The molecular formula is C14H19N3. The van der Waals surface area contributed by atoms with Crippen molar-refractivity contribution >= 4 is 11.4 Å². The molecule has 90 valence electrons. The van der Waals surface area contributed by atoms with Crippen LogP contribution in [0.15, 0.2) is 6.08 Å². The van der Waals surface area contributed by atoms with Crippen molar-refractivity contribution in [3.63, 3.8) is 0 Å². The van der Waals surface area contributed by atoms with Crippen molar-refractivity contribution in [2.45, 2.75) is 51.4 Å². The molecule has 3 heteroatoms. The van der Waals surface area contributed by atoms with Crippen molar-refractivity contribution in [1.29, 1.82) is 0 Å². The SMILES string of the molecule is Cc1c(N)nc(C2CC2)nc1C1=CCCCC1. The highest BCUT2D eigenvalue weighted by Crippen LogP contribution is 2.39. The molecule has 2 N–H and O–H groups in total. The predicted octanol–water partition coefficient (Wildman–Crippen LogP) is 3.20. The Morgan fingerprint density at radius 3 is 2.71 bits per heavy atom. The summed E-state index contributed by atoms with van der Waals surface area (Å²) in [5.74, 6) is 2.21. The molecule has 2 aliphatic rings. The second-order valence-electron chi connectivity index (χ2n) is 5.19. The lowest BCUT2D eigenvalue weighted by Gasteiger charge is -2.16. The molecule has 3 nitrogen and oxygen atoms in total. The van der Waals surface area contributed by atoms with E-state index in [0.29, 0.717) is 11.7 Å². The largest absolute Gasteiger partial charge is 0.383 e. The van der Waals surface area contributed by atoms with E-state index in [4.69, 9.17) is 10.7 Å². The van der Waals surface area contributed by atoms with Gasteiger partial charge >= 0.3 is 0 Å². The Kier molecular flexibility index (Phi) is 2.61. The molecule has 2 aliphatic carbocycles. The van der Waals surface area contributed by atoms with Crippen LogP contribution in [-0.2, 0) is 0 Å². The quantitative estimate of drug-likeness (QED) is 0.847. The lowest BCUT2D eigenvalue weighted by Crippen LogP contribution is -2.07. The maximum absolute atomic E-state index is 6.02. The lowest BCUT2D eigenvalue weighted by molar-refractivity contribution is 0.737. The molecule has 17 heavy (non-hydrogen) atoms. The molecule has 0 atom stereocenters. The van der Waals surface area contributed by atoms with E-state index < -0.39 is 0 Å². The molecule has 0 aromatic carbocycles. The fourth-order valence-corrected chi connectivity index (χ4v) is 2.44. The normalized spacial score (nSPS) is 20.2. The fraction of sp³-hybridized carbons (Fsp3) is 0.571. The average Bonchev–Trinajstić information content (AvgIpc) is 3.18. The second-order valence-corrected chi connectivity index (χ2v) is 5.19. The van der Waals surface area contributed by atoms with Gasteiger partial charge in [0.25, 0.3) is 0 Å². The molecule has 0 saturated heterocycles. The molecule has 0 bridgehead atoms. The van der Waals surface area contributed by atoms with Crippen molar-refractivity contribution in [3.05, 3.63) is 23.2 Å². The van der Waals surface area contributed by atoms with E-state index in [0.717, 1.165) is 23.5 Å². The highest BCUT2D eigenvalue weighted by Gasteiger charge is 2.28. The van der Waals surface area contributed by atoms with E-state index in [-0.39, 0.29) is 0 Å². The van der Waals surface area contributed by atoms with E-state index in [1.165, 1.54) is 37.7 Å². The fourth-order valence-electron chi connectivity index (χ4n) is 2.44. The van der Waals surface area contributed by atoms with E-state index in [1.807, 2.05) is 6.92 Å². The molecule has 0 aliphatic heterocycles. The number of rotatable bonds is 2. The third-order valence-corrected chi connectivity index (χ3v) is 3.74. The number of aromatic nitrogens is 2. The predicted molar refractivity (Wildman–Crippen MR) is 69.6 cm³/mol. The average molecular weight is 229 g/mol. The van der Waals surface area contributed by atoms with Crippen molar-refractivity contribution in [2.24, 2.45) is 0 Å². The second kappa shape index (κ2) is 4.13. The number of hydrogen-bond donors (Lipinski definition) is 1. The van der Waals surface area contributed by atoms with Gasteiger partial charge in [0.15, 0.2) is 0 Å². The summed E-state index contributed by atoms with van der Waals surface area (Å²) in [5.41, 5.74) is 9.56. The van der Waals surface area contributed by atoms with Crippen LogP contribution >= 0.6 is 0 Å². The van der Waals surface area contributed by atoms with Crippen LogP contribution in [0.5, 0.6) is 0 Å². The highest BCUT2D eigenvalue weighted by molar-refractivity contribution is 5.68. The van der Waals surface area contributed by atoms with E-state index in [1.54, 1.807) is 0 Å². The number of hydrogen-bond acceptors (Lipinski definition) is 3. The van der Waals surface area contributed by atoms with Crippen LogP contribution in [-0.4, -0.2) is 9.97 Å². The molecule has 1 saturated carbocycles. The molecule has 1 aromatic heterocycles. The van der Waals surface area contributed by atoms with Crippen LogP contribution < -0.4 is 5.73 Å². The zero-order valence-electron chi connectivity index (χ0n) is 10.4. The summed E-state index contributed by atoms with van der Waals surface area (Å²) in [7, 11) is 0. The molecule has 0 spiro atoms. The molecule has 1 fully saturated rings. The van der Waals surface area contributed by atoms with Gasteiger partial charge in [-0.05, 0) is 51.0 Å². The van der Waals surface area contributed by atoms with Crippen LogP contribution in [0.2, 0.25) is 0 Å². The van der Waals surface area contributed by atoms with Crippen LogP contribution in [0.4, 0.5) is 5.82 Å². The van der Waals surface area contributed by atoms with Gasteiger partial charge in [0.05, 0.1) is 5.69 Å². The first-order chi connectivity index (χ1) is 8.25. The molecule has 0 unspecified atom stereocenters. The molecule has 3 rings (SSSR count). The third-order valence-electron chi connectivity index (χ3n) is 3.74. The first-order valence-corrected chi connectivity index (χ1v) is 6.59. The summed E-state index contributed by atoms with van der Waals surface area (Å²) in [6.45, 7) is 2.04. The Morgan fingerprint density at radius 2 is 2.06 bits per heavy atom. The molecule has 1 heterocycles. The van der Waals surface area contributed by atoms with Crippen LogP contribution in [0, 0.1) is 6.92 Å². The summed E-state index contributed by atoms with van der Waals surface area (Å²) in [5, 5.41) is 0. The minimum absolute atomic E-state index is 0.570. The Balaban J connectivity index is 2.04. The molecule has 0 amide bonds. The zero-order valence-corrected chi connectivity index (χ0v) is 10.4. The minimum atomic E-state index is 0.570. The zero-order chi connectivity index (χ0) is 11.8. The Hall–Kier alpha value is -1.38. The minimum Gasteiger partial charge on any atom is -0.383 e. The number of allylic oxidation sites excluding steroid dienone is 2. The number of nitrogens with two attached hydrogens (primary N) is 1. The van der Waals surface area contributed by atoms with Crippen LogP contribution in [0.1, 0.15) is 61.5 Å². The van der Waals surface area contributed by atoms with Crippen LogP contribution in [0.3, 0.4) is 0 Å². The first-order valence-electron chi connectivity index (χ1n) is 6.59. The van der Waals surface area contributed by atoms with Gasteiger partial charge in [-0.1, -0.05) is 6.08 Å². The topological polar surface area (TPSA) is 51.8 Å². The van der Waals surface area contributed by atoms with Gasteiger partial charge in [0, 0.05) is 11.5 Å². The van der Waals surface area contributed by atoms with Gasteiger partial charge in [-0.2, -0.15) is 0 Å². The Labute approximate surface area is 102 Å². The van der Waals surface area contributed by atoms with E-state index in [2.05, 4.69) is 11.1 Å². The molecule has 1 aromatic rings. The smallest absolute Gasteiger partial charge is 0.134 e. The van der Waals surface area contributed by atoms with Gasteiger partial charge in [-0.15, -0.1) is 0 Å². The maximum atomic E-state index is 6.02. The number of anilines is 1. The standard InChI is InChI=1S/C14H19N3/c1-9-12(10-5-3-2-4-6-10)16-14(11-7-8-11)17-13(9)15/h5,11H,2-4,6-8H2,1H3,(H2,15,16,17). The van der Waals surface area contributed by atoms with E-state index >= 15 is 0 Å². The highest BCUT2D eigenvalue weighted by atomic mass is 15.0. The lowest BCUT2D eigenvalue weighted by atomic mass is 9.95. The van der Waals surface area contributed by atoms with Gasteiger partial charge in [-0.25, -0.2) is 9.97 Å². The van der Waals surface area contributed by atoms with Crippen molar-refractivity contribution in [3.8, 4) is 0 Å². The van der Waals surface area contributed by atoms with Gasteiger partial charge < -0.3 is 5.73 Å². The van der Waals surface area contributed by atoms with E-state index in [9.17, 15) is 0 Å². The summed E-state index contributed by atoms with van der Waals surface area (Å²) in [6.07, 6.45) is 9.67. The number of nitrogens with zero attached hydrogens (tertiary/aromatic N) is 2. The third kappa shape index (κ3) is 2.06. The van der Waals surface area contributed by atoms with Gasteiger partial charge in [0.2, 0.25) is 0 Å². The van der Waals surface area contributed by atoms with Crippen molar-refractivity contribution in [1.82, 2.24) is 9.97 Å². The Bertz CT molecular complexity index is 473. The monoisotopic (exact) mass is 229 g/mol. The van der Waals surface area contributed by atoms with Gasteiger partial charge in [0.1, 0.15) is 11.6 Å². The van der Waals surface area contributed by atoms with Crippen molar-refractivity contribution in [2.75, 3.05) is 5.73 Å². The van der Waals surface area contributed by atoms with Crippen molar-refractivity contribution < 1.29 is 0 Å². The summed E-state index contributed by atoms with van der Waals surface area (Å²) < 4.78 is 0. The summed E-state index contributed by atoms with van der Waals surface area (Å²) in [4.78, 5) is 9.19. The first kappa shape index (κ1) is 10.8. The molecule has 0 radical (unpaired) electrons.